The fraction of sp³-hybridized carbons (Fsp3) is 0.500. The zero-order chi connectivity index (χ0) is 12.5. The van der Waals surface area contributed by atoms with Crippen LogP contribution in [0.5, 0.6) is 11.5 Å². The fourth-order valence-electron chi connectivity index (χ4n) is 2.20. The molecular formula is C14H17NO3. The molecule has 18 heavy (non-hydrogen) atoms. The molecule has 0 bridgehead atoms. The second kappa shape index (κ2) is 4.52. The molecule has 1 fully saturated rings. The minimum absolute atomic E-state index is 0.0992. The predicted molar refractivity (Wildman–Crippen MR) is 66.6 cm³/mol. The van der Waals surface area contributed by atoms with Crippen LogP contribution in [0.25, 0.3) is 0 Å². The molecule has 4 heteroatoms. The first kappa shape index (κ1) is 11.4. The van der Waals surface area contributed by atoms with Crippen LogP contribution < -0.4 is 14.8 Å². The summed E-state index contributed by atoms with van der Waals surface area (Å²) in [5.41, 5.74) is 0. The van der Waals surface area contributed by atoms with Crippen LogP contribution in [0.2, 0.25) is 0 Å². The van der Waals surface area contributed by atoms with Crippen molar-refractivity contribution >= 4 is 5.91 Å². The molecule has 0 saturated heterocycles. The lowest BCUT2D eigenvalue weighted by Crippen LogP contribution is -2.41. The number of para-hydroxylation sites is 2. The topological polar surface area (TPSA) is 47.6 Å². The largest absolute Gasteiger partial charge is 0.486 e. The van der Waals surface area contributed by atoms with Crippen molar-refractivity contribution in [3.63, 3.8) is 0 Å². The van der Waals surface area contributed by atoms with E-state index >= 15 is 0 Å². The lowest BCUT2D eigenvalue weighted by atomic mass is 10.2. The molecule has 3 atom stereocenters. The van der Waals surface area contributed by atoms with Gasteiger partial charge in [0.05, 0.1) is 6.54 Å². The molecule has 1 aliphatic carbocycles. The number of nitrogens with one attached hydrogen (secondary N) is 1. The normalized spacial score (nSPS) is 28.6. The highest BCUT2D eigenvalue weighted by molar-refractivity contribution is 5.81. The van der Waals surface area contributed by atoms with Crippen molar-refractivity contribution in [3.8, 4) is 11.5 Å². The van der Waals surface area contributed by atoms with E-state index in [0.717, 1.165) is 17.9 Å². The average Bonchev–Trinajstić information content (AvgIpc) is 3.13. The maximum absolute atomic E-state index is 11.7. The molecule has 1 heterocycles. The number of hydrogen-bond donors (Lipinski definition) is 1. The number of rotatable bonds is 3. The van der Waals surface area contributed by atoms with E-state index in [0.29, 0.717) is 19.1 Å². The Labute approximate surface area is 106 Å². The van der Waals surface area contributed by atoms with E-state index < -0.39 is 0 Å². The minimum Gasteiger partial charge on any atom is -0.486 e. The molecule has 0 radical (unpaired) electrons. The van der Waals surface area contributed by atoms with Crippen molar-refractivity contribution in [2.24, 2.45) is 11.8 Å². The SMILES string of the molecule is CC1CC1C(=O)NCC1COc2ccccc2O1. The van der Waals surface area contributed by atoms with Crippen molar-refractivity contribution in [2.45, 2.75) is 19.4 Å². The van der Waals surface area contributed by atoms with Crippen LogP contribution in [0.3, 0.4) is 0 Å². The number of carbonyl (C=O) groups is 1. The molecule has 3 rings (SSSR count). The second-order valence-electron chi connectivity index (χ2n) is 5.06. The van der Waals surface area contributed by atoms with Gasteiger partial charge in [-0.05, 0) is 24.5 Å². The van der Waals surface area contributed by atoms with Crippen LogP contribution >= 0.6 is 0 Å². The molecule has 96 valence electrons. The molecular weight excluding hydrogens is 230 g/mol. The van der Waals surface area contributed by atoms with Gasteiger partial charge in [0.2, 0.25) is 5.91 Å². The molecule has 1 amide bonds. The van der Waals surface area contributed by atoms with Gasteiger partial charge in [-0.1, -0.05) is 19.1 Å². The van der Waals surface area contributed by atoms with E-state index in [1.54, 1.807) is 0 Å². The van der Waals surface area contributed by atoms with Gasteiger partial charge in [-0.15, -0.1) is 0 Å². The summed E-state index contributed by atoms with van der Waals surface area (Å²) in [6, 6.07) is 7.59. The van der Waals surface area contributed by atoms with Crippen molar-refractivity contribution < 1.29 is 14.3 Å². The summed E-state index contributed by atoms with van der Waals surface area (Å²) in [5.74, 6) is 2.42. The molecule has 3 unspecified atom stereocenters. The molecule has 1 aliphatic heterocycles. The Balaban J connectivity index is 1.52. The quantitative estimate of drug-likeness (QED) is 0.882. The number of ether oxygens (including phenoxy) is 2. The van der Waals surface area contributed by atoms with Gasteiger partial charge in [0, 0.05) is 5.92 Å². The van der Waals surface area contributed by atoms with Gasteiger partial charge >= 0.3 is 0 Å². The van der Waals surface area contributed by atoms with E-state index in [1.807, 2.05) is 24.3 Å². The summed E-state index contributed by atoms with van der Waals surface area (Å²) in [6.45, 7) is 3.09. The van der Waals surface area contributed by atoms with E-state index in [2.05, 4.69) is 12.2 Å². The molecule has 0 aromatic heterocycles. The summed E-state index contributed by atoms with van der Waals surface area (Å²) in [4.78, 5) is 11.7. The lowest BCUT2D eigenvalue weighted by molar-refractivity contribution is -0.123. The number of carbonyl (C=O) groups excluding carboxylic acids is 1. The van der Waals surface area contributed by atoms with Crippen LogP contribution in [0.15, 0.2) is 24.3 Å². The van der Waals surface area contributed by atoms with E-state index in [4.69, 9.17) is 9.47 Å². The third kappa shape index (κ3) is 2.28. The van der Waals surface area contributed by atoms with Crippen molar-refractivity contribution in [1.82, 2.24) is 5.32 Å². The van der Waals surface area contributed by atoms with Gasteiger partial charge in [0.15, 0.2) is 11.5 Å². The zero-order valence-corrected chi connectivity index (χ0v) is 10.4. The molecule has 1 N–H and O–H groups in total. The number of amides is 1. The third-order valence-corrected chi connectivity index (χ3v) is 3.52. The predicted octanol–water partition coefficient (Wildman–Crippen LogP) is 1.60. The molecule has 1 saturated carbocycles. The summed E-state index contributed by atoms with van der Waals surface area (Å²) < 4.78 is 11.4. The zero-order valence-electron chi connectivity index (χ0n) is 10.4. The Kier molecular flexibility index (Phi) is 2.86. The molecule has 2 aliphatic rings. The van der Waals surface area contributed by atoms with E-state index in [9.17, 15) is 4.79 Å². The maximum Gasteiger partial charge on any atom is 0.223 e. The van der Waals surface area contributed by atoms with Crippen molar-refractivity contribution in [3.05, 3.63) is 24.3 Å². The summed E-state index contributed by atoms with van der Waals surface area (Å²) >= 11 is 0. The van der Waals surface area contributed by atoms with Gasteiger partial charge < -0.3 is 14.8 Å². The summed E-state index contributed by atoms with van der Waals surface area (Å²) in [7, 11) is 0. The summed E-state index contributed by atoms with van der Waals surface area (Å²) in [5, 5.41) is 2.93. The molecule has 1 aromatic rings. The first-order valence-electron chi connectivity index (χ1n) is 6.40. The Morgan fingerprint density at radius 1 is 1.39 bits per heavy atom. The Morgan fingerprint density at radius 3 is 2.83 bits per heavy atom. The number of hydrogen-bond acceptors (Lipinski definition) is 3. The Bertz CT molecular complexity index is 460. The first-order valence-corrected chi connectivity index (χ1v) is 6.40. The Hall–Kier alpha value is -1.71. The summed E-state index contributed by atoms with van der Waals surface area (Å²) in [6.07, 6.45) is 0.911. The van der Waals surface area contributed by atoms with Crippen LogP contribution in [0, 0.1) is 11.8 Å². The standard InChI is InChI=1S/C14H17NO3/c1-9-6-11(9)14(16)15-7-10-8-17-12-4-2-3-5-13(12)18-10/h2-5,9-11H,6-8H2,1H3,(H,15,16). The van der Waals surface area contributed by atoms with Crippen molar-refractivity contribution in [2.75, 3.05) is 13.2 Å². The maximum atomic E-state index is 11.7. The molecule has 4 nitrogen and oxygen atoms in total. The van der Waals surface area contributed by atoms with Crippen LogP contribution in [0.1, 0.15) is 13.3 Å². The van der Waals surface area contributed by atoms with Crippen molar-refractivity contribution in [1.29, 1.82) is 0 Å². The number of benzene rings is 1. The smallest absolute Gasteiger partial charge is 0.223 e. The average molecular weight is 247 g/mol. The fourth-order valence-corrected chi connectivity index (χ4v) is 2.20. The second-order valence-corrected chi connectivity index (χ2v) is 5.06. The third-order valence-electron chi connectivity index (χ3n) is 3.52. The van der Waals surface area contributed by atoms with Gasteiger partial charge in [0.1, 0.15) is 12.7 Å². The molecule has 0 spiro atoms. The highest BCUT2D eigenvalue weighted by Crippen LogP contribution is 2.37. The first-order chi connectivity index (χ1) is 8.74. The van der Waals surface area contributed by atoms with E-state index in [1.165, 1.54) is 0 Å². The van der Waals surface area contributed by atoms with Gasteiger partial charge in [-0.25, -0.2) is 0 Å². The Morgan fingerprint density at radius 2 is 2.11 bits per heavy atom. The van der Waals surface area contributed by atoms with Crippen LogP contribution in [-0.2, 0) is 4.79 Å². The van der Waals surface area contributed by atoms with Gasteiger partial charge in [-0.3, -0.25) is 4.79 Å². The van der Waals surface area contributed by atoms with Gasteiger partial charge in [0.25, 0.3) is 0 Å². The highest BCUT2D eigenvalue weighted by Gasteiger charge is 2.39. The van der Waals surface area contributed by atoms with Crippen LogP contribution in [-0.4, -0.2) is 25.2 Å². The number of fused-ring (bicyclic) bond motifs is 1. The minimum atomic E-state index is -0.0992. The highest BCUT2D eigenvalue weighted by atomic mass is 16.6. The van der Waals surface area contributed by atoms with E-state index in [-0.39, 0.29) is 17.9 Å². The van der Waals surface area contributed by atoms with Crippen LogP contribution in [0.4, 0.5) is 0 Å². The monoisotopic (exact) mass is 247 g/mol. The lowest BCUT2D eigenvalue weighted by Gasteiger charge is -2.26. The molecule has 1 aromatic carbocycles. The van der Waals surface area contributed by atoms with Gasteiger partial charge in [-0.2, -0.15) is 0 Å².